The standard InChI is InChI=1S/C21H23Cl3N2OS/c22-17-2-4-18(5-3-17)28-12-9-25-21(27)16-7-10-26(11-8-16)14-15-1-6-19(23)20(24)13-15/h1-6,13,16H,7-12,14H2,(H,25,27). The average molecular weight is 458 g/mol. The summed E-state index contributed by atoms with van der Waals surface area (Å²) in [4.78, 5) is 15.9. The second-order valence-electron chi connectivity index (χ2n) is 6.89. The maximum Gasteiger partial charge on any atom is 0.223 e. The molecule has 2 aromatic rings. The van der Waals surface area contributed by atoms with Crippen LogP contribution in [0.4, 0.5) is 0 Å². The fourth-order valence-corrected chi connectivity index (χ4v) is 4.48. The first-order chi connectivity index (χ1) is 13.5. The van der Waals surface area contributed by atoms with Crippen molar-refractivity contribution < 1.29 is 4.79 Å². The summed E-state index contributed by atoms with van der Waals surface area (Å²) in [6.45, 7) is 3.34. The molecule has 0 radical (unpaired) electrons. The number of piperidine rings is 1. The number of benzene rings is 2. The van der Waals surface area contributed by atoms with E-state index in [4.69, 9.17) is 34.8 Å². The Morgan fingerprint density at radius 1 is 1.04 bits per heavy atom. The zero-order valence-electron chi connectivity index (χ0n) is 15.5. The maximum atomic E-state index is 12.4. The average Bonchev–Trinajstić information content (AvgIpc) is 2.70. The van der Waals surface area contributed by atoms with Crippen LogP contribution >= 0.6 is 46.6 Å². The molecule has 1 aliphatic heterocycles. The number of carbonyl (C=O) groups is 1. The number of hydrogen-bond donors (Lipinski definition) is 1. The molecule has 1 fully saturated rings. The van der Waals surface area contributed by atoms with Gasteiger partial charge in [0, 0.05) is 34.7 Å². The smallest absolute Gasteiger partial charge is 0.223 e. The van der Waals surface area contributed by atoms with Crippen LogP contribution in [0.15, 0.2) is 47.4 Å². The van der Waals surface area contributed by atoms with E-state index in [1.807, 2.05) is 42.5 Å². The highest BCUT2D eigenvalue weighted by Crippen LogP contribution is 2.25. The molecule has 28 heavy (non-hydrogen) atoms. The summed E-state index contributed by atoms with van der Waals surface area (Å²) in [6.07, 6.45) is 1.77. The summed E-state index contributed by atoms with van der Waals surface area (Å²) >= 11 is 19.7. The minimum atomic E-state index is 0.102. The van der Waals surface area contributed by atoms with E-state index in [2.05, 4.69) is 10.2 Å². The van der Waals surface area contributed by atoms with Crippen molar-refractivity contribution in [2.75, 3.05) is 25.4 Å². The molecule has 1 N–H and O–H groups in total. The van der Waals surface area contributed by atoms with Crippen LogP contribution < -0.4 is 5.32 Å². The quantitative estimate of drug-likeness (QED) is 0.423. The van der Waals surface area contributed by atoms with Crippen LogP contribution in [0.3, 0.4) is 0 Å². The number of nitrogens with one attached hydrogen (secondary N) is 1. The number of halogens is 3. The molecule has 0 aromatic heterocycles. The van der Waals surface area contributed by atoms with Gasteiger partial charge in [0.2, 0.25) is 5.91 Å². The Kier molecular flexibility index (Phi) is 8.36. The Hall–Kier alpha value is -0.910. The Bertz CT molecular complexity index is 793. The van der Waals surface area contributed by atoms with Crippen LogP contribution in [0.25, 0.3) is 0 Å². The van der Waals surface area contributed by atoms with E-state index in [1.54, 1.807) is 11.8 Å². The first-order valence-electron chi connectivity index (χ1n) is 9.33. The summed E-state index contributed by atoms with van der Waals surface area (Å²) in [7, 11) is 0. The first kappa shape index (κ1) is 21.8. The Morgan fingerprint density at radius 2 is 1.75 bits per heavy atom. The van der Waals surface area contributed by atoms with Gasteiger partial charge in [-0.1, -0.05) is 40.9 Å². The van der Waals surface area contributed by atoms with E-state index in [-0.39, 0.29) is 11.8 Å². The fourth-order valence-electron chi connectivity index (χ4n) is 3.27. The molecule has 0 aliphatic carbocycles. The van der Waals surface area contributed by atoms with Crippen molar-refractivity contribution in [3.8, 4) is 0 Å². The second-order valence-corrected chi connectivity index (χ2v) is 9.31. The van der Waals surface area contributed by atoms with Gasteiger partial charge in [-0.2, -0.15) is 0 Å². The third-order valence-corrected chi connectivity index (χ3v) is 6.84. The van der Waals surface area contributed by atoms with Crippen LogP contribution in [0, 0.1) is 5.92 Å². The molecule has 0 unspecified atom stereocenters. The molecule has 2 aromatic carbocycles. The molecular formula is C21H23Cl3N2OS. The number of hydrogen-bond acceptors (Lipinski definition) is 3. The summed E-state index contributed by atoms with van der Waals surface area (Å²) < 4.78 is 0. The Labute approximate surface area is 185 Å². The van der Waals surface area contributed by atoms with Gasteiger partial charge in [0.05, 0.1) is 10.0 Å². The number of rotatable bonds is 7. The molecule has 0 bridgehead atoms. The molecule has 0 saturated carbocycles. The van der Waals surface area contributed by atoms with E-state index < -0.39 is 0 Å². The van der Waals surface area contributed by atoms with Crippen molar-refractivity contribution in [2.45, 2.75) is 24.3 Å². The highest BCUT2D eigenvalue weighted by Gasteiger charge is 2.24. The van der Waals surface area contributed by atoms with E-state index in [0.717, 1.165) is 53.7 Å². The van der Waals surface area contributed by atoms with Crippen LogP contribution in [0.2, 0.25) is 15.1 Å². The van der Waals surface area contributed by atoms with Gasteiger partial charge in [-0.15, -0.1) is 11.8 Å². The van der Waals surface area contributed by atoms with Crippen LogP contribution in [-0.2, 0) is 11.3 Å². The van der Waals surface area contributed by atoms with Gasteiger partial charge in [-0.25, -0.2) is 0 Å². The number of likely N-dealkylation sites (tertiary alicyclic amines) is 1. The van der Waals surface area contributed by atoms with Crippen LogP contribution in [0.5, 0.6) is 0 Å². The normalized spacial score (nSPS) is 15.5. The lowest BCUT2D eigenvalue weighted by atomic mass is 9.95. The van der Waals surface area contributed by atoms with Gasteiger partial charge >= 0.3 is 0 Å². The van der Waals surface area contributed by atoms with Crippen LogP contribution in [-0.4, -0.2) is 36.2 Å². The molecule has 0 atom stereocenters. The van der Waals surface area contributed by atoms with Gasteiger partial charge in [0.15, 0.2) is 0 Å². The Balaban J connectivity index is 1.35. The van der Waals surface area contributed by atoms with Crippen molar-refractivity contribution >= 4 is 52.5 Å². The van der Waals surface area contributed by atoms with E-state index in [0.29, 0.717) is 16.6 Å². The molecule has 3 rings (SSSR count). The minimum absolute atomic E-state index is 0.102. The molecule has 1 heterocycles. The Morgan fingerprint density at radius 3 is 2.43 bits per heavy atom. The fraction of sp³-hybridized carbons (Fsp3) is 0.381. The molecule has 7 heteroatoms. The number of amides is 1. The zero-order valence-corrected chi connectivity index (χ0v) is 18.6. The highest BCUT2D eigenvalue weighted by molar-refractivity contribution is 7.99. The topological polar surface area (TPSA) is 32.3 Å². The molecule has 1 aliphatic rings. The van der Waals surface area contributed by atoms with E-state index in [9.17, 15) is 4.79 Å². The first-order valence-corrected chi connectivity index (χ1v) is 11.5. The summed E-state index contributed by atoms with van der Waals surface area (Å²) in [5.41, 5.74) is 1.15. The second kappa shape index (κ2) is 10.7. The summed E-state index contributed by atoms with van der Waals surface area (Å²) in [6, 6.07) is 13.5. The predicted octanol–water partition coefficient (Wildman–Crippen LogP) is 5.77. The lowest BCUT2D eigenvalue weighted by Gasteiger charge is -2.31. The molecule has 3 nitrogen and oxygen atoms in total. The van der Waals surface area contributed by atoms with Crippen molar-refractivity contribution in [2.24, 2.45) is 5.92 Å². The van der Waals surface area contributed by atoms with Gasteiger partial charge < -0.3 is 5.32 Å². The van der Waals surface area contributed by atoms with Crippen molar-refractivity contribution in [3.63, 3.8) is 0 Å². The molecule has 1 amide bonds. The van der Waals surface area contributed by atoms with Gasteiger partial charge in [0.25, 0.3) is 0 Å². The third kappa shape index (κ3) is 6.57. The summed E-state index contributed by atoms with van der Waals surface area (Å²) in [5, 5.41) is 4.98. The predicted molar refractivity (Wildman–Crippen MR) is 120 cm³/mol. The lowest BCUT2D eigenvalue weighted by Crippen LogP contribution is -2.40. The van der Waals surface area contributed by atoms with E-state index >= 15 is 0 Å². The van der Waals surface area contributed by atoms with Gasteiger partial charge in [0.1, 0.15) is 0 Å². The van der Waals surface area contributed by atoms with E-state index in [1.165, 1.54) is 0 Å². The van der Waals surface area contributed by atoms with Crippen molar-refractivity contribution in [1.29, 1.82) is 0 Å². The number of nitrogens with zero attached hydrogens (tertiary/aromatic N) is 1. The number of thioether (sulfide) groups is 1. The van der Waals surface area contributed by atoms with Crippen molar-refractivity contribution in [1.82, 2.24) is 10.2 Å². The third-order valence-electron chi connectivity index (χ3n) is 4.83. The summed E-state index contributed by atoms with van der Waals surface area (Å²) in [5.74, 6) is 1.13. The number of carbonyl (C=O) groups excluding carboxylic acids is 1. The molecule has 1 saturated heterocycles. The van der Waals surface area contributed by atoms with Crippen molar-refractivity contribution in [3.05, 3.63) is 63.1 Å². The molecular weight excluding hydrogens is 435 g/mol. The minimum Gasteiger partial charge on any atom is -0.355 e. The monoisotopic (exact) mass is 456 g/mol. The molecule has 0 spiro atoms. The van der Waals surface area contributed by atoms with Gasteiger partial charge in [-0.05, 0) is 67.9 Å². The molecule has 150 valence electrons. The zero-order chi connectivity index (χ0) is 19.9. The van der Waals surface area contributed by atoms with Crippen LogP contribution in [0.1, 0.15) is 18.4 Å². The SMILES string of the molecule is O=C(NCCSc1ccc(Cl)cc1)C1CCN(Cc2ccc(Cl)c(Cl)c2)CC1. The maximum absolute atomic E-state index is 12.4. The largest absolute Gasteiger partial charge is 0.355 e. The highest BCUT2D eigenvalue weighted by atomic mass is 35.5. The van der Waals surface area contributed by atoms with Gasteiger partial charge in [-0.3, -0.25) is 9.69 Å². The lowest BCUT2D eigenvalue weighted by molar-refractivity contribution is -0.126.